The van der Waals surface area contributed by atoms with E-state index in [0.717, 1.165) is 10.9 Å². The summed E-state index contributed by atoms with van der Waals surface area (Å²) in [6, 6.07) is 12.3. The van der Waals surface area contributed by atoms with E-state index in [0.29, 0.717) is 35.6 Å². The number of amides is 1. The van der Waals surface area contributed by atoms with Crippen molar-refractivity contribution >= 4 is 22.7 Å². The van der Waals surface area contributed by atoms with Crippen LogP contribution in [-0.2, 0) is 11.2 Å². The van der Waals surface area contributed by atoms with Crippen LogP contribution in [-0.4, -0.2) is 24.0 Å². The van der Waals surface area contributed by atoms with Crippen molar-refractivity contribution in [2.24, 2.45) is 0 Å². The van der Waals surface area contributed by atoms with Gasteiger partial charge in [-0.25, -0.2) is 9.78 Å². The predicted octanol–water partition coefficient (Wildman–Crippen LogP) is 2.14. The van der Waals surface area contributed by atoms with Crippen molar-refractivity contribution in [1.82, 2.24) is 10.3 Å². The Hall–Kier alpha value is -3.66. The number of aryl methyl sites for hydroxylation is 1. The number of nitrogens with zero attached hydrogens (tertiary/aromatic N) is 2. The number of hydrogen-bond acceptors (Lipinski definition) is 6. The molecule has 7 nitrogen and oxygen atoms in total. The van der Waals surface area contributed by atoms with Gasteiger partial charge in [0.25, 0.3) is 0 Å². The first-order valence-corrected chi connectivity index (χ1v) is 8.46. The molecule has 0 spiro atoms. The molecule has 3 rings (SSSR count). The summed E-state index contributed by atoms with van der Waals surface area (Å²) in [5, 5.41) is 15.6. The molecule has 3 aromatic rings. The average Bonchev–Trinajstić information content (AvgIpc) is 2.65. The van der Waals surface area contributed by atoms with Gasteiger partial charge in [-0.2, -0.15) is 5.26 Å². The summed E-state index contributed by atoms with van der Waals surface area (Å²) in [5.74, 6) is 0.280. The van der Waals surface area contributed by atoms with Crippen LogP contribution in [0.25, 0.3) is 11.0 Å². The standard InChI is InChI=1S/C20H18N4O3/c1-13-4-5-16-15(11-19(26)27-17(16)9-13)10-18(25)22-7-8-24-20-14(12-21)3-2-6-23-20/h2-6,9,11H,7-8,10H2,1H3,(H,22,25)(H,23,24). The first-order chi connectivity index (χ1) is 13.1. The Balaban J connectivity index is 1.59. The number of benzene rings is 1. The number of hydrogen-bond donors (Lipinski definition) is 2. The number of carbonyl (C=O) groups is 1. The summed E-state index contributed by atoms with van der Waals surface area (Å²) < 4.78 is 5.20. The van der Waals surface area contributed by atoms with E-state index in [1.54, 1.807) is 24.4 Å². The molecule has 1 aromatic carbocycles. The van der Waals surface area contributed by atoms with Gasteiger partial charge in [-0.1, -0.05) is 12.1 Å². The zero-order valence-electron chi connectivity index (χ0n) is 14.8. The minimum Gasteiger partial charge on any atom is -0.423 e. The summed E-state index contributed by atoms with van der Waals surface area (Å²) in [4.78, 5) is 28.1. The van der Waals surface area contributed by atoms with Gasteiger partial charge >= 0.3 is 5.63 Å². The van der Waals surface area contributed by atoms with Crippen LogP contribution in [0.15, 0.2) is 51.8 Å². The molecule has 0 fully saturated rings. The molecule has 0 radical (unpaired) electrons. The molecule has 27 heavy (non-hydrogen) atoms. The minimum atomic E-state index is -0.475. The molecule has 1 amide bonds. The van der Waals surface area contributed by atoms with Gasteiger partial charge in [0.2, 0.25) is 5.91 Å². The Morgan fingerprint density at radius 2 is 2.11 bits per heavy atom. The molecule has 2 N–H and O–H groups in total. The molecule has 0 saturated carbocycles. The Labute approximate surface area is 155 Å². The van der Waals surface area contributed by atoms with Crippen LogP contribution >= 0.6 is 0 Å². The number of pyridine rings is 1. The van der Waals surface area contributed by atoms with Gasteiger partial charge in [0.15, 0.2) is 0 Å². The lowest BCUT2D eigenvalue weighted by molar-refractivity contribution is -0.120. The number of anilines is 1. The number of nitriles is 1. The quantitative estimate of drug-likeness (QED) is 0.514. The second-order valence-electron chi connectivity index (χ2n) is 6.06. The van der Waals surface area contributed by atoms with Crippen LogP contribution in [0.5, 0.6) is 0 Å². The van der Waals surface area contributed by atoms with Crippen molar-refractivity contribution in [2.75, 3.05) is 18.4 Å². The van der Waals surface area contributed by atoms with Crippen molar-refractivity contribution < 1.29 is 9.21 Å². The number of rotatable bonds is 6. The van der Waals surface area contributed by atoms with E-state index in [2.05, 4.69) is 21.7 Å². The van der Waals surface area contributed by atoms with E-state index in [4.69, 9.17) is 9.68 Å². The number of aromatic nitrogens is 1. The zero-order valence-corrected chi connectivity index (χ0v) is 14.8. The second kappa shape index (κ2) is 8.15. The summed E-state index contributed by atoms with van der Waals surface area (Å²) in [5.41, 5.74) is 2.05. The maximum absolute atomic E-state index is 12.2. The fourth-order valence-electron chi connectivity index (χ4n) is 2.74. The third-order valence-corrected chi connectivity index (χ3v) is 4.00. The molecule has 0 saturated heterocycles. The molecule has 2 heterocycles. The van der Waals surface area contributed by atoms with E-state index in [1.165, 1.54) is 6.07 Å². The highest BCUT2D eigenvalue weighted by molar-refractivity contribution is 5.87. The SMILES string of the molecule is Cc1ccc2c(CC(=O)NCCNc3ncccc3C#N)cc(=O)oc2c1. The van der Waals surface area contributed by atoms with Crippen LogP contribution < -0.4 is 16.3 Å². The van der Waals surface area contributed by atoms with Gasteiger partial charge in [-0.05, 0) is 36.2 Å². The van der Waals surface area contributed by atoms with Crippen LogP contribution in [0, 0.1) is 18.3 Å². The lowest BCUT2D eigenvalue weighted by atomic mass is 10.1. The van der Waals surface area contributed by atoms with Gasteiger partial charge in [0.1, 0.15) is 17.5 Å². The first-order valence-electron chi connectivity index (χ1n) is 8.46. The van der Waals surface area contributed by atoms with Gasteiger partial charge in [-0.15, -0.1) is 0 Å². The highest BCUT2D eigenvalue weighted by atomic mass is 16.4. The van der Waals surface area contributed by atoms with Crippen molar-refractivity contribution in [2.45, 2.75) is 13.3 Å². The normalized spacial score (nSPS) is 10.4. The Morgan fingerprint density at radius 1 is 1.26 bits per heavy atom. The lowest BCUT2D eigenvalue weighted by Crippen LogP contribution is -2.30. The van der Waals surface area contributed by atoms with Gasteiger partial charge < -0.3 is 15.1 Å². The Bertz CT molecular complexity index is 1080. The van der Waals surface area contributed by atoms with Gasteiger partial charge in [0, 0.05) is 30.7 Å². The summed E-state index contributed by atoms with van der Waals surface area (Å²) in [6.45, 7) is 2.69. The molecule has 0 aliphatic carbocycles. The second-order valence-corrected chi connectivity index (χ2v) is 6.06. The van der Waals surface area contributed by atoms with Crippen LogP contribution in [0.2, 0.25) is 0 Å². The molecule has 0 aliphatic heterocycles. The lowest BCUT2D eigenvalue weighted by Gasteiger charge is -2.09. The molecule has 0 atom stereocenters. The molecule has 2 aromatic heterocycles. The minimum absolute atomic E-state index is 0.0815. The topological polar surface area (TPSA) is 108 Å². The van der Waals surface area contributed by atoms with E-state index in [9.17, 15) is 9.59 Å². The van der Waals surface area contributed by atoms with Crippen molar-refractivity contribution in [3.63, 3.8) is 0 Å². The fraction of sp³-hybridized carbons (Fsp3) is 0.200. The molecule has 0 unspecified atom stereocenters. The van der Waals surface area contributed by atoms with Crippen molar-refractivity contribution in [3.05, 3.63) is 69.7 Å². The van der Waals surface area contributed by atoms with Crippen LogP contribution in [0.3, 0.4) is 0 Å². The van der Waals surface area contributed by atoms with E-state index in [-0.39, 0.29) is 12.3 Å². The van der Waals surface area contributed by atoms with Crippen molar-refractivity contribution in [1.29, 1.82) is 5.26 Å². The number of carbonyl (C=O) groups excluding carboxylic acids is 1. The largest absolute Gasteiger partial charge is 0.423 e. The van der Waals surface area contributed by atoms with E-state index in [1.807, 2.05) is 19.1 Å². The average molecular weight is 362 g/mol. The highest BCUT2D eigenvalue weighted by Gasteiger charge is 2.10. The fourth-order valence-corrected chi connectivity index (χ4v) is 2.74. The van der Waals surface area contributed by atoms with Gasteiger partial charge in [-0.3, -0.25) is 4.79 Å². The third kappa shape index (κ3) is 4.50. The molecular formula is C20H18N4O3. The zero-order chi connectivity index (χ0) is 19.2. The van der Waals surface area contributed by atoms with Crippen molar-refractivity contribution in [3.8, 4) is 6.07 Å². The maximum Gasteiger partial charge on any atom is 0.336 e. The monoisotopic (exact) mass is 362 g/mol. The Kier molecular flexibility index (Phi) is 5.47. The Morgan fingerprint density at radius 3 is 2.93 bits per heavy atom. The molecule has 136 valence electrons. The highest BCUT2D eigenvalue weighted by Crippen LogP contribution is 2.18. The van der Waals surface area contributed by atoms with E-state index < -0.39 is 5.63 Å². The van der Waals surface area contributed by atoms with Crippen LogP contribution in [0.1, 0.15) is 16.7 Å². The number of fused-ring (bicyclic) bond motifs is 1. The summed E-state index contributed by atoms with van der Waals surface area (Å²) >= 11 is 0. The van der Waals surface area contributed by atoms with Gasteiger partial charge in [0.05, 0.1) is 12.0 Å². The van der Waals surface area contributed by atoms with Crippen LogP contribution in [0.4, 0.5) is 5.82 Å². The number of nitrogens with one attached hydrogen (secondary N) is 2. The molecule has 0 bridgehead atoms. The maximum atomic E-state index is 12.2. The smallest absolute Gasteiger partial charge is 0.336 e. The summed E-state index contributed by atoms with van der Waals surface area (Å²) in [7, 11) is 0. The van der Waals surface area contributed by atoms with E-state index >= 15 is 0 Å². The first kappa shape index (κ1) is 18.1. The third-order valence-electron chi connectivity index (χ3n) is 4.00. The predicted molar refractivity (Wildman–Crippen MR) is 101 cm³/mol. The summed E-state index contributed by atoms with van der Waals surface area (Å²) in [6.07, 6.45) is 1.67. The molecule has 7 heteroatoms. The molecule has 0 aliphatic rings. The molecular weight excluding hydrogens is 344 g/mol.